The Morgan fingerprint density at radius 3 is 2.67 bits per heavy atom. The van der Waals surface area contributed by atoms with E-state index in [0.29, 0.717) is 30.8 Å². The molecule has 5 nitrogen and oxygen atoms in total. The van der Waals surface area contributed by atoms with Crippen molar-refractivity contribution in [1.82, 2.24) is 9.97 Å². The van der Waals surface area contributed by atoms with Crippen LogP contribution in [0.25, 0.3) is 0 Å². The lowest BCUT2D eigenvalue weighted by Gasteiger charge is -2.07. The van der Waals surface area contributed by atoms with Crippen molar-refractivity contribution in [2.24, 2.45) is 5.92 Å². The summed E-state index contributed by atoms with van der Waals surface area (Å²) in [4.78, 5) is 7.80. The van der Waals surface area contributed by atoms with Crippen molar-refractivity contribution in [1.29, 1.82) is 0 Å². The van der Waals surface area contributed by atoms with Crippen molar-refractivity contribution in [2.75, 3.05) is 25.6 Å². The van der Waals surface area contributed by atoms with Crippen molar-refractivity contribution in [3.63, 3.8) is 0 Å². The molecule has 84 valence electrons. The molecule has 0 spiro atoms. The van der Waals surface area contributed by atoms with E-state index in [-0.39, 0.29) is 0 Å². The number of nitrogens with two attached hydrogens (primary N) is 1. The maximum absolute atomic E-state index is 5.38. The highest BCUT2D eigenvalue weighted by atomic mass is 16.5. The largest absolute Gasteiger partial charge is 0.474 e. The predicted octanol–water partition coefficient (Wildman–Crippen LogP) is 1.11. The van der Waals surface area contributed by atoms with Crippen LogP contribution >= 0.6 is 0 Å². The van der Waals surface area contributed by atoms with E-state index in [0.717, 1.165) is 6.61 Å². The molecule has 0 amide bonds. The first-order valence-corrected chi connectivity index (χ1v) is 4.96. The Kier molecular flexibility index (Phi) is 4.83. The van der Waals surface area contributed by atoms with E-state index < -0.39 is 0 Å². The maximum atomic E-state index is 5.38. The third-order valence-electron chi connectivity index (χ3n) is 1.58. The van der Waals surface area contributed by atoms with Crippen LogP contribution in [-0.4, -0.2) is 29.8 Å². The standard InChI is InChI=1S/C10H17N3O2/c1-8(2)7-14-3-4-15-10-6-12-9(11)5-13-10/h5-6,8H,3-4,7H2,1-2H3,(H2,11,12). The second kappa shape index (κ2) is 6.19. The summed E-state index contributed by atoms with van der Waals surface area (Å²) < 4.78 is 10.6. The van der Waals surface area contributed by atoms with Gasteiger partial charge in [0.1, 0.15) is 12.4 Å². The third-order valence-corrected chi connectivity index (χ3v) is 1.58. The zero-order chi connectivity index (χ0) is 11.1. The smallest absolute Gasteiger partial charge is 0.232 e. The van der Waals surface area contributed by atoms with Gasteiger partial charge in [0.2, 0.25) is 5.88 Å². The average Bonchev–Trinajstić information content (AvgIpc) is 2.20. The molecule has 0 atom stereocenters. The Balaban J connectivity index is 2.12. The van der Waals surface area contributed by atoms with Gasteiger partial charge in [0.15, 0.2) is 0 Å². The Hall–Kier alpha value is -1.36. The van der Waals surface area contributed by atoms with Crippen molar-refractivity contribution < 1.29 is 9.47 Å². The summed E-state index contributed by atoms with van der Waals surface area (Å²) >= 11 is 0. The van der Waals surface area contributed by atoms with Crippen LogP contribution in [0.15, 0.2) is 12.4 Å². The van der Waals surface area contributed by atoms with Gasteiger partial charge in [-0.3, -0.25) is 0 Å². The summed E-state index contributed by atoms with van der Waals surface area (Å²) in [5.74, 6) is 1.40. The quantitative estimate of drug-likeness (QED) is 0.714. The van der Waals surface area contributed by atoms with E-state index >= 15 is 0 Å². The molecule has 0 aliphatic rings. The summed E-state index contributed by atoms with van der Waals surface area (Å²) in [6.45, 7) is 5.99. The molecule has 0 saturated heterocycles. The van der Waals surface area contributed by atoms with Crippen LogP contribution in [0.1, 0.15) is 13.8 Å². The van der Waals surface area contributed by atoms with Gasteiger partial charge in [0.25, 0.3) is 0 Å². The lowest BCUT2D eigenvalue weighted by molar-refractivity contribution is 0.0805. The van der Waals surface area contributed by atoms with E-state index in [1.165, 1.54) is 12.4 Å². The van der Waals surface area contributed by atoms with Crippen molar-refractivity contribution in [3.8, 4) is 5.88 Å². The third kappa shape index (κ3) is 5.17. The van der Waals surface area contributed by atoms with Crippen molar-refractivity contribution in [3.05, 3.63) is 12.4 Å². The van der Waals surface area contributed by atoms with E-state index in [4.69, 9.17) is 15.2 Å². The first kappa shape index (κ1) is 11.7. The van der Waals surface area contributed by atoms with Gasteiger partial charge in [-0.2, -0.15) is 0 Å². The topological polar surface area (TPSA) is 70.3 Å². The Morgan fingerprint density at radius 1 is 1.27 bits per heavy atom. The molecule has 0 saturated carbocycles. The first-order valence-electron chi connectivity index (χ1n) is 4.96. The number of nitrogen functional groups attached to an aromatic ring is 1. The molecule has 0 unspecified atom stereocenters. The maximum Gasteiger partial charge on any atom is 0.232 e. The number of rotatable bonds is 6. The van der Waals surface area contributed by atoms with E-state index in [9.17, 15) is 0 Å². The summed E-state index contributed by atoms with van der Waals surface area (Å²) in [5.41, 5.74) is 5.38. The fourth-order valence-corrected chi connectivity index (χ4v) is 0.925. The van der Waals surface area contributed by atoms with Crippen LogP contribution < -0.4 is 10.5 Å². The van der Waals surface area contributed by atoms with Crippen molar-refractivity contribution in [2.45, 2.75) is 13.8 Å². The highest BCUT2D eigenvalue weighted by Crippen LogP contribution is 2.04. The van der Waals surface area contributed by atoms with Crippen LogP contribution in [0, 0.1) is 5.92 Å². The van der Waals surface area contributed by atoms with Gasteiger partial charge in [-0.1, -0.05) is 13.8 Å². The van der Waals surface area contributed by atoms with Crippen LogP contribution in [0.2, 0.25) is 0 Å². The molecule has 0 bridgehead atoms. The number of hydrogen-bond donors (Lipinski definition) is 1. The predicted molar refractivity (Wildman–Crippen MR) is 57.6 cm³/mol. The van der Waals surface area contributed by atoms with Gasteiger partial charge in [-0.25, -0.2) is 9.97 Å². The van der Waals surface area contributed by atoms with Crippen LogP contribution in [-0.2, 0) is 4.74 Å². The van der Waals surface area contributed by atoms with Crippen molar-refractivity contribution >= 4 is 5.82 Å². The van der Waals surface area contributed by atoms with Gasteiger partial charge in [0, 0.05) is 6.61 Å². The van der Waals surface area contributed by atoms with Crippen LogP contribution in [0.5, 0.6) is 5.88 Å². The summed E-state index contributed by atoms with van der Waals surface area (Å²) in [6.07, 6.45) is 2.96. The average molecular weight is 211 g/mol. The SMILES string of the molecule is CC(C)COCCOc1cnc(N)cn1. The molecule has 1 aromatic heterocycles. The van der Waals surface area contributed by atoms with Gasteiger partial charge >= 0.3 is 0 Å². The molecule has 0 aliphatic heterocycles. The molecule has 0 aliphatic carbocycles. The molecule has 15 heavy (non-hydrogen) atoms. The second-order valence-corrected chi connectivity index (χ2v) is 3.60. The zero-order valence-corrected chi connectivity index (χ0v) is 9.14. The number of aromatic nitrogens is 2. The second-order valence-electron chi connectivity index (χ2n) is 3.60. The van der Waals surface area contributed by atoms with Gasteiger partial charge < -0.3 is 15.2 Å². The molecular weight excluding hydrogens is 194 g/mol. The Labute approximate surface area is 89.6 Å². The minimum absolute atomic E-state index is 0.387. The summed E-state index contributed by atoms with van der Waals surface area (Å²) in [6, 6.07) is 0. The molecule has 0 radical (unpaired) electrons. The highest BCUT2D eigenvalue weighted by Gasteiger charge is 1.97. The number of nitrogens with zero attached hydrogens (tertiary/aromatic N) is 2. The van der Waals surface area contributed by atoms with Gasteiger partial charge in [-0.05, 0) is 5.92 Å². The van der Waals surface area contributed by atoms with E-state index in [1.807, 2.05) is 0 Å². The molecule has 1 heterocycles. The van der Waals surface area contributed by atoms with Gasteiger partial charge in [-0.15, -0.1) is 0 Å². The Bertz CT molecular complexity index is 275. The fourth-order valence-electron chi connectivity index (χ4n) is 0.925. The zero-order valence-electron chi connectivity index (χ0n) is 9.14. The molecule has 1 rings (SSSR count). The number of hydrogen-bond acceptors (Lipinski definition) is 5. The van der Waals surface area contributed by atoms with Crippen LogP contribution in [0.4, 0.5) is 5.82 Å². The monoisotopic (exact) mass is 211 g/mol. The summed E-state index contributed by atoms with van der Waals surface area (Å²) in [7, 11) is 0. The lowest BCUT2D eigenvalue weighted by atomic mass is 10.2. The number of anilines is 1. The molecule has 0 fully saturated rings. The summed E-state index contributed by atoms with van der Waals surface area (Å²) in [5, 5.41) is 0. The molecule has 0 aromatic carbocycles. The van der Waals surface area contributed by atoms with E-state index in [2.05, 4.69) is 23.8 Å². The normalized spacial score (nSPS) is 10.6. The fraction of sp³-hybridized carbons (Fsp3) is 0.600. The molecule has 5 heteroatoms. The molecule has 2 N–H and O–H groups in total. The van der Waals surface area contributed by atoms with Crippen LogP contribution in [0.3, 0.4) is 0 Å². The highest BCUT2D eigenvalue weighted by molar-refractivity contribution is 5.24. The lowest BCUT2D eigenvalue weighted by Crippen LogP contribution is -2.10. The number of ether oxygens (including phenoxy) is 2. The Morgan fingerprint density at radius 2 is 2.07 bits per heavy atom. The molecular formula is C10H17N3O2. The van der Waals surface area contributed by atoms with Gasteiger partial charge in [0.05, 0.1) is 19.0 Å². The first-order chi connectivity index (χ1) is 7.18. The minimum Gasteiger partial charge on any atom is -0.474 e. The van der Waals surface area contributed by atoms with E-state index in [1.54, 1.807) is 0 Å². The minimum atomic E-state index is 0.387. The molecule has 1 aromatic rings.